The molecule has 2 aromatic rings. The number of carbonyl (C=O) groups excluding carboxylic acids is 1. The molecule has 4 heteroatoms. The standard InChI is InChI=1S/C16H16N2OS/c1-4-12-11(3)20-16(14(12)9-17)18-15(19)13-8-6-5-7-10(13)2/h5-8H,4H2,1-3H3,(H,18,19). The number of hydrogen-bond acceptors (Lipinski definition) is 3. The molecule has 0 aliphatic rings. The predicted octanol–water partition coefficient (Wildman–Crippen LogP) is 4.05. The normalized spacial score (nSPS) is 10.1. The van der Waals surface area contributed by atoms with E-state index in [9.17, 15) is 10.1 Å². The number of rotatable bonds is 3. The van der Waals surface area contributed by atoms with Crippen molar-refractivity contribution in [3.05, 3.63) is 51.4 Å². The second-order valence-electron chi connectivity index (χ2n) is 4.58. The molecule has 2 rings (SSSR count). The van der Waals surface area contributed by atoms with Gasteiger partial charge in [0, 0.05) is 10.4 Å². The van der Waals surface area contributed by atoms with Crippen molar-refractivity contribution in [2.75, 3.05) is 5.32 Å². The van der Waals surface area contributed by atoms with Crippen LogP contribution in [-0.2, 0) is 6.42 Å². The summed E-state index contributed by atoms with van der Waals surface area (Å²) in [7, 11) is 0. The second kappa shape index (κ2) is 5.89. The highest BCUT2D eigenvalue weighted by Gasteiger charge is 2.17. The molecule has 1 amide bonds. The largest absolute Gasteiger partial charge is 0.312 e. The SMILES string of the molecule is CCc1c(C)sc(NC(=O)c2ccccc2C)c1C#N. The molecule has 1 heterocycles. The maximum absolute atomic E-state index is 12.3. The molecule has 0 saturated heterocycles. The van der Waals surface area contributed by atoms with Crippen molar-refractivity contribution in [2.45, 2.75) is 27.2 Å². The molecule has 0 saturated carbocycles. The fourth-order valence-electron chi connectivity index (χ4n) is 2.21. The monoisotopic (exact) mass is 284 g/mol. The van der Waals surface area contributed by atoms with Crippen LogP contribution in [0, 0.1) is 25.2 Å². The molecular weight excluding hydrogens is 268 g/mol. The lowest BCUT2D eigenvalue weighted by atomic mass is 10.1. The molecule has 0 atom stereocenters. The van der Waals surface area contributed by atoms with Crippen LogP contribution in [0.25, 0.3) is 0 Å². The van der Waals surface area contributed by atoms with Gasteiger partial charge in [0.1, 0.15) is 11.1 Å². The van der Waals surface area contributed by atoms with Gasteiger partial charge in [-0.3, -0.25) is 4.79 Å². The number of hydrogen-bond donors (Lipinski definition) is 1. The Balaban J connectivity index is 2.34. The van der Waals surface area contributed by atoms with Crippen molar-refractivity contribution in [3.8, 4) is 6.07 Å². The van der Waals surface area contributed by atoms with E-state index in [1.54, 1.807) is 6.07 Å². The minimum absolute atomic E-state index is 0.163. The Morgan fingerprint density at radius 2 is 2.05 bits per heavy atom. The number of aryl methyl sites for hydroxylation is 2. The fourth-order valence-corrected chi connectivity index (χ4v) is 3.30. The van der Waals surface area contributed by atoms with Gasteiger partial charge in [-0.1, -0.05) is 25.1 Å². The molecule has 20 heavy (non-hydrogen) atoms. The van der Waals surface area contributed by atoms with Crippen molar-refractivity contribution in [1.29, 1.82) is 5.26 Å². The van der Waals surface area contributed by atoms with Crippen LogP contribution in [0.15, 0.2) is 24.3 Å². The van der Waals surface area contributed by atoms with Gasteiger partial charge in [0.2, 0.25) is 0 Å². The molecule has 0 radical (unpaired) electrons. The summed E-state index contributed by atoms with van der Waals surface area (Å²) in [5, 5.41) is 12.8. The van der Waals surface area contributed by atoms with E-state index in [1.165, 1.54) is 11.3 Å². The van der Waals surface area contributed by atoms with E-state index in [0.717, 1.165) is 22.4 Å². The van der Waals surface area contributed by atoms with Crippen molar-refractivity contribution >= 4 is 22.2 Å². The molecule has 1 aromatic heterocycles. The first kappa shape index (κ1) is 14.3. The van der Waals surface area contributed by atoms with Crippen LogP contribution >= 0.6 is 11.3 Å². The van der Waals surface area contributed by atoms with Crippen LogP contribution in [0.1, 0.15) is 38.8 Å². The lowest BCUT2D eigenvalue weighted by Crippen LogP contribution is -2.13. The quantitative estimate of drug-likeness (QED) is 0.924. The Labute approximate surface area is 122 Å². The number of carbonyl (C=O) groups is 1. The number of amides is 1. The zero-order chi connectivity index (χ0) is 14.7. The topological polar surface area (TPSA) is 52.9 Å². The van der Waals surface area contributed by atoms with Crippen LogP contribution in [0.5, 0.6) is 0 Å². The highest BCUT2D eigenvalue weighted by atomic mass is 32.1. The summed E-state index contributed by atoms with van der Waals surface area (Å²) < 4.78 is 0. The highest BCUT2D eigenvalue weighted by molar-refractivity contribution is 7.16. The van der Waals surface area contributed by atoms with Crippen LogP contribution < -0.4 is 5.32 Å². The Morgan fingerprint density at radius 1 is 1.35 bits per heavy atom. The van der Waals surface area contributed by atoms with Crippen molar-refractivity contribution in [3.63, 3.8) is 0 Å². The lowest BCUT2D eigenvalue weighted by Gasteiger charge is -2.06. The summed E-state index contributed by atoms with van der Waals surface area (Å²) in [6.45, 7) is 5.90. The maximum atomic E-state index is 12.3. The lowest BCUT2D eigenvalue weighted by molar-refractivity contribution is 0.102. The summed E-state index contributed by atoms with van der Waals surface area (Å²) in [6.07, 6.45) is 0.797. The zero-order valence-corrected chi connectivity index (χ0v) is 12.6. The van der Waals surface area contributed by atoms with E-state index in [4.69, 9.17) is 0 Å². The maximum Gasteiger partial charge on any atom is 0.256 e. The van der Waals surface area contributed by atoms with Crippen LogP contribution in [0.4, 0.5) is 5.00 Å². The van der Waals surface area contributed by atoms with Gasteiger partial charge >= 0.3 is 0 Å². The molecule has 0 unspecified atom stereocenters. The average molecular weight is 284 g/mol. The van der Waals surface area contributed by atoms with Crippen LogP contribution in [0.2, 0.25) is 0 Å². The molecular formula is C16H16N2OS. The number of benzene rings is 1. The van der Waals surface area contributed by atoms with Crippen LogP contribution in [0.3, 0.4) is 0 Å². The first-order valence-corrected chi connectivity index (χ1v) is 7.29. The molecule has 102 valence electrons. The van der Waals surface area contributed by atoms with Gasteiger partial charge < -0.3 is 5.32 Å². The first-order valence-electron chi connectivity index (χ1n) is 6.47. The molecule has 0 bridgehead atoms. The molecule has 1 N–H and O–H groups in total. The van der Waals surface area contributed by atoms with E-state index in [2.05, 4.69) is 11.4 Å². The summed E-state index contributed by atoms with van der Waals surface area (Å²) in [5.74, 6) is -0.163. The van der Waals surface area contributed by atoms with E-state index in [-0.39, 0.29) is 5.91 Å². The minimum atomic E-state index is -0.163. The Hall–Kier alpha value is -2.12. The van der Waals surface area contributed by atoms with Gasteiger partial charge in [0.05, 0.1) is 5.56 Å². The summed E-state index contributed by atoms with van der Waals surface area (Å²) in [5.41, 5.74) is 3.18. The van der Waals surface area contributed by atoms with Crippen molar-refractivity contribution in [2.24, 2.45) is 0 Å². The zero-order valence-electron chi connectivity index (χ0n) is 11.8. The van der Waals surface area contributed by atoms with Gasteiger partial charge in [-0.15, -0.1) is 11.3 Å². The summed E-state index contributed by atoms with van der Waals surface area (Å²) in [6, 6.07) is 9.63. The molecule has 1 aromatic carbocycles. The Bertz CT molecular complexity index is 695. The van der Waals surface area contributed by atoms with Crippen molar-refractivity contribution < 1.29 is 4.79 Å². The Kier molecular flexibility index (Phi) is 4.21. The number of thiophene rings is 1. The van der Waals surface area contributed by atoms with Gasteiger partial charge in [0.25, 0.3) is 5.91 Å². The van der Waals surface area contributed by atoms with Crippen molar-refractivity contribution in [1.82, 2.24) is 0 Å². The average Bonchev–Trinajstić information content (AvgIpc) is 2.73. The molecule has 0 aliphatic carbocycles. The Morgan fingerprint density at radius 3 is 2.65 bits per heavy atom. The molecule has 0 spiro atoms. The summed E-state index contributed by atoms with van der Waals surface area (Å²) in [4.78, 5) is 13.4. The number of nitrogens with one attached hydrogen (secondary N) is 1. The van der Waals surface area contributed by atoms with E-state index < -0.39 is 0 Å². The van der Waals surface area contributed by atoms with Gasteiger partial charge in [-0.25, -0.2) is 0 Å². The third-order valence-corrected chi connectivity index (χ3v) is 4.35. The predicted molar refractivity (Wildman–Crippen MR) is 82.3 cm³/mol. The third-order valence-electron chi connectivity index (χ3n) is 3.29. The van der Waals surface area contributed by atoms with E-state index in [0.29, 0.717) is 16.1 Å². The summed E-state index contributed by atoms with van der Waals surface area (Å²) >= 11 is 1.46. The fraction of sp³-hybridized carbons (Fsp3) is 0.250. The first-order chi connectivity index (χ1) is 9.58. The van der Waals surface area contributed by atoms with Crippen LogP contribution in [-0.4, -0.2) is 5.91 Å². The van der Waals surface area contributed by atoms with E-state index in [1.807, 2.05) is 39.0 Å². The smallest absolute Gasteiger partial charge is 0.256 e. The highest BCUT2D eigenvalue weighted by Crippen LogP contribution is 2.33. The van der Waals surface area contributed by atoms with Gasteiger partial charge in [-0.05, 0) is 37.5 Å². The number of nitrogens with zero attached hydrogens (tertiary/aromatic N) is 1. The molecule has 0 fully saturated rings. The minimum Gasteiger partial charge on any atom is -0.312 e. The molecule has 0 aliphatic heterocycles. The third kappa shape index (κ3) is 2.59. The van der Waals surface area contributed by atoms with Gasteiger partial charge in [0.15, 0.2) is 0 Å². The van der Waals surface area contributed by atoms with Gasteiger partial charge in [-0.2, -0.15) is 5.26 Å². The number of nitriles is 1. The second-order valence-corrected chi connectivity index (χ2v) is 5.80. The number of anilines is 1. The molecule has 3 nitrogen and oxygen atoms in total. The van der Waals surface area contributed by atoms with E-state index >= 15 is 0 Å².